The Morgan fingerprint density at radius 2 is 2.09 bits per heavy atom. The fraction of sp³-hybridized carbons (Fsp3) is 0.375. The highest BCUT2D eigenvalue weighted by atomic mass is 16.5. The highest BCUT2D eigenvalue weighted by Crippen LogP contribution is 2.19. The first-order valence-electron chi connectivity index (χ1n) is 7.49. The van der Waals surface area contributed by atoms with E-state index >= 15 is 0 Å². The standard InChI is InChI=1S/C16H22N4O2/c1-3-20(4-2)10-11-22-14-7-5-6-13(12-14)18-16-17-9-8-15(21)19-16/h5-9,12H,3-4,10-11H2,1-2H3,(H2,17,18,19,21). The van der Waals surface area contributed by atoms with Crippen molar-refractivity contribution in [3.8, 4) is 5.75 Å². The second-order valence-corrected chi connectivity index (χ2v) is 4.81. The van der Waals surface area contributed by atoms with Crippen LogP contribution in [-0.2, 0) is 0 Å². The summed E-state index contributed by atoms with van der Waals surface area (Å²) < 4.78 is 5.77. The molecule has 0 amide bonds. The molecule has 0 unspecified atom stereocenters. The van der Waals surface area contributed by atoms with Gasteiger partial charge >= 0.3 is 0 Å². The number of H-pyrrole nitrogens is 1. The topological polar surface area (TPSA) is 70.2 Å². The average molecular weight is 302 g/mol. The molecular formula is C16H22N4O2. The lowest BCUT2D eigenvalue weighted by Crippen LogP contribution is -2.27. The van der Waals surface area contributed by atoms with Crippen LogP contribution in [0.3, 0.4) is 0 Å². The second kappa shape index (κ2) is 8.19. The van der Waals surface area contributed by atoms with Crippen LogP contribution in [0.4, 0.5) is 11.6 Å². The van der Waals surface area contributed by atoms with Gasteiger partial charge in [0.2, 0.25) is 5.95 Å². The molecule has 0 aliphatic heterocycles. The predicted octanol–water partition coefficient (Wildman–Crippen LogP) is 2.23. The number of anilines is 2. The smallest absolute Gasteiger partial charge is 0.252 e. The molecule has 0 fully saturated rings. The summed E-state index contributed by atoms with van der Waals surface area (Å²) in [5.74, 6) is 1.20. The molecule has 0 aliphatic carbocycles. The van der Waals surface area contributed by atoms with Gasteiger partial charge in [-0.15, -0.1) is 0 Å². The summed E-state index contributed by atoms with van der Waals surface area (Å²) in [5, 5.41) is 3.05. The monoisotopic (exact) mass is 302 g/mol. The van der Waals surface area contributed by atoms with E-state index in [4.69, 9.17) is 4.74 Å². The number of hydrogen-bond donors (Lipinski definition) is 2. The van der Waals surface area contributed by atoms with Crippen molar-refractivity contribution >= 4 is 11.6 Å². The summed E-state index contributed by atoms with van der Waals surface area (Å²) in [6.45, 7) is 7.87. The van der Waals surface area contributed by atoms with Crippen molar-refractivity contribution in [3.05, 3.63) is 46.9 Å². The van der Waals surface area contributed by atoms with Crippen molar-refractivity contribution in [1.82, 2.24) is 14.9 Å². The molecule has 0 spiro atoms. The average Bonchev–Trinajstić information content (AvgIpc) is 2.52. The lowest BCUT2D eigenvalue weighted by Gasteiger charge is -2.18. The zero-order valence-electron chi connectivity index (χ0n) is 13.0. The molecule has 1 aromatic carbocycles. The van der Waals surface area contributed by atoms with E-state index in [1.165, 1.54) is 12.3 Å². The Balaban J connectivity index is 1.93. The van der Waals surface area contributed by atoms with Crippen LogP contribution >= 0.6 is 0 Å². The summed E-state index contributed by atoms with van der Waals surface area (Å²) in [5.41, 5.74) is 0.624. The minimum Gasteiger partial charge on any atom is -0.492 e. The molecule has 0 saturated carbocycles. The molecule has 1 heterocycles. The van der Waals surface area contributed by atoms with Gasteiger partial charge in [0, 0.05) is 30.6 Å². The number of aromatic nitrogens is 2. The minimum absolute atomic E-state index is 0.191. The molecule has 22 heavy (non-hydrogen) atoms. The molecule has 6 heteroatoms. The Hall–Kier alpha value is -2.34. The first kappa shape index (κ1) is 16.0. The number of nitrogens with zero attached hydrogens (tertiary/aromatic N) is 2. The minimum atomic E-state index is -0.191. The molecule has 0 aliphatic rings. The van der Waals surface area contributed by atoms with E-state index in [0.717, 1.165) is 31.1 Å². The Morgan fingerprint density at radius 1 is 1.27 bits per heavy atom. The molecule has 6 nitrogen and oxygen atoms in total. The lowest BCUT2D eigenvalue weighted by atomic mass is 10.3. The quantitative estimate of drug-likeness (QED) is 0.782. The maximum absolute atomic E-state index is 11.2. The third kappa shape index (κ3) is 4.89. The van der Waals surface area contributed by atoms with Crippen LogP contribution in [0, 0.1) is 0 Å². The maximum Gasteiger partial charge on any atom is 0.252 e. The van der Waals surface area contributed by atoms with Gasteiger partial charge in [-0.1, -0.05) is 19.9 Å². The van der Waals surface area contributed by atoms with E-state index in [9.17, 15) is 4.79 Å². The van der Waals surface area contributed by atoms with Gasteiger partial charge in [-0.2, -0.15) is 0 Å². The molecule has 0 saturated heterocycles. The van der Waals surface area contributed by atoms with Crippen LogP contribution in [-0.4, -0.2) is 41.1 Å². The zero-order valence-corrected chi connectivity index (χ0v) is 13.0. The van der Waals surface area contributed by atoms with Crippen molar-refractivity contribution in [2.24, 2.45) is 0 Å². The number of aromatic amines is 1. The predicted molar refractivity (Wildman–Crippen MR) is 87.9 cm³/mol. The Kier molecular flexibility index (Phi) is 5.97. The first-order chi connectivity index (χ1) is 10.7. The van der Waals surface area contributed by atoms with Crippen LogP contribution in [0.25, 0.3) is 0 Å². The van der Waals surface area contributed by atoms with Gasteiger partial charge in [0.1, 0.15) is 12.4 Å². The van der Waals surface area contributed by atoms with Crippen LogP contribution in [0.15, 0.2) is 41.3 Å². The molecule has 2 N–H and O–H groups in total. The number of likely N-dealkylation sites (N-methyl/N-ethyl adjacent to an activating group) is 1. The van der Waals surface area contributed by atoms with Crippen LogP contribution in [0.5, 0.6) is 5.75 Å². The number of benzene rings is 1. The summed E-state index contributed by atoms with van der Waals surface area (Å²) in [6, 6.07) is 8.96. The largest absolute Gasteiger partial charge is 0.492 e. The van der Waals surface area contributed by atoms with Crippen molar-refractivity contribution in [2.75, 3.05) is 31.6 Å². The van der Waals surface area contributed by atoms with E-state index < -0.39 is 0 Å². The molecule has 118 valence electrons. The molecule has 0 atom stereocenters. The van der Waals surface area contributed by atoms with Gasteiger partial charge in [-0.25, -0.2) is 4.98 Å². The van der Waals surface area contributed by atoms with Gasteiger partial charge in [0.05, 0.1) is 0 Å². The van der Waals surface area contributed by atoms with Crippen molar-refractivity contribution in [1.29, 1.82) is 0 Å². The number of rotatable bonds is 8. The van der Waals surface area contributed by atoms with Gasteiger partial charge in [-0.05, 0) is 25.2 Å². The Bertz CT molecular complexity index is 638. The highest BCUT2D eigenvalue weighted by molar-refractivity contribution is 5.55. The van der Waals surface area contributed by atoms with E-state index in [2.05, 4.69) is 34.0 Å². The molecule has 2 rings (SSSR count). The Morgan fingerprint density at radius 3 is 2.82 bits per heavy atom. The van der Waals surface area contributed by atoms with Crippen LogP contribution < -0.4 is 15.6 Å². The number of nitrogens with one attached hydrogen (secondary N) is 2. The molecular weight excluding hydrogens is 280 g/mol. The molecule has 1 aromatic heterocycles. The third-order valence-corrected chi connectivity index (χ3v) is 3.34. The Labute approximate surface area is 130 Å². The van der Waals surface area contributed by atoms with E-state index in [0.29, 0.717) is 12.6 Å². The summed E-state index contributed by atoms with van der Waals surface area (Å²) >= 11 is 0. The normalized spacial score (nSPS) is 10.7. The second-order valence-electron chi connectivity index (χ2n) is 4.81. The number of ether oxygens (including phenoxy) is 1. The highest BCUT2D eigenvalue weighted by Gasteiger charge is 2.02. The number of hydrogen-bond acceptors (Lipinski definition) is 5. The summed E-state index contributed by atoms with van der Waals surface area (Å²) in [4.78, 5) is 20.2. The zero-order chi connectivity index (χ0) is 15.8. The summed E-state index contributed by atoms with van der Waals surface area (Å²) in [7, 11) is 0. The van der Waals surface area contributed by atoms with Crippen molar-refractivity contribution in [3.63, 3.8) is 0 Å². The van der Waals surface area contributed by atoms with Crippen molar-refractivity contribution in [2.45, 2.75) is 13.8 Å². The first-order valence-corrected chi connectivity index (χ1v) is 7.49. The fourth-order valence-electron chi connectivity index (χ4n) is 2.07. The molecule has 2 aromatic rings. The van der Waals surface area contributed by atoms with Crippen LogP contribution in [0.1, 0.15) is 13.8 Å². The lowest BCUT2D eigenvalue weighted by molar-refractivity contribution is 0.223. The third-order valence-electron chi connectivity index (χ3n) is 3.34. The SMILES string of the molecule is CCN(CC)CCOc1cccc(Nc2nccc(=O)[nH]2)c1. The molecule has 0 bridgehead atoms. The van der Waals surface area contributed by atoms with E-state index in [1.807, 2.05) is 24.3 Å². The summed E-state index contributed by atoms with van der Waals surface area (Å²) in [6.07, 6.45) is 1.46. The van der Waals surface area contributed by atoms with Gasteiger partial charge < -0.3 is 15.0 Å². The molecule has 0 radical (unpaired) electrons. The fourth-order valence-corrected chi connectivity index (χ4v) is 2.07. The van der Waals surface area contributed by atoms with Crippen LogP contribution in [0.2, 0.25) is 0 Å². The van der Waals surface area contributed by atoms with E-state index in [-0.39, 0.29) is 5.56 Å². The van der Waals surface area contributed by atoms with Gasteiger partial charge in [0.25, 0.3) is 5.56 Å². The van der Waals surface area contributed by atoms with Gasteiger partial charge in [0.15, 0.2) is 0 Å². The maximum atomic E-state index is 11.2. The van der Waals surface area contributed by atoms with Gasteiger partial charge in [-0.3, -0.25) is 9.78 Å². The van der Waals surface area contributed by atoms with Crippen molar-refractivity contribution < 1.29 is 4.74 Å². The van der Waals surface area contributed by atoms with E-state index in [1.54, 1.807) is 0 Å².